The van der Waals surface area contributed by atoms with Gasteiger partial charge in [0.2, 0.25) is 0 Å². The lowest BCUT2D eigenvalue weighted by Gasteiger charge is -1.99. The fourth-order valence-electron chi connectivity index (χ4n) is 0.414. The van der Waals surface area contributed by atoms with Crippen LogP contribution in [0.25, 0.3) is 0 Å². The Labute approximate surface area is 60.1 Å². The van der Waals surface area contributed by atoms with E-state index >= 15 is 0 Å². The van der Waals surface area contributed by atoms with Gasteiger partial charge in [0.05, 0.1) is 0 Å². The van der Waals surface area contributed by atoms with E-state index in [0.717, 1.165) is 0 Å². The molecule has 0 bridgehead atoms. The van der Waals surface area contributed by atoms with Gasteiger partial charge in [-0.15, -0.1) is 0 Å². The monoisotopic (exact) mass is 166 g/mol. The maximum absolute atomic E-state index is 10.5. The third kappa shape index (κ3) is 4.53. The van der Waals surface area contributed by atoms with Crippen molar-refractivity contribution in [2.75, 3.05) is 6.35 Å². The molecule has 10 heavy (non-hydrogen) atoms. The highest BCUT2D eigenvalue weighted by Crippen LogP contribution is 2.20. The van der Waals surface area contributed by atoms with E-state index in [0.29, 0.717) is 6.42 Å². The minimum atomic E-state index is -2.49. The SMILES string of the molecule is CCCC(=O)O[PH](=O)CO. The van der Waals surface area contributed by atoms with Crippen LogP contribution in [0.5, 0.6) is 0 Å². The number of aliphatic hydroxyl groups excluding tert-OH is 1. The van der Waals surface area contributed by atoms with Gasteiger partial charge in [0.25, 0.3) is 8.03 Å². The highest BCUT2D eigenvalue weighted by atomic mass is 31.1. The second kappa shape index (κ2) is 5.45. The highest BCUT2D eigenvalue weighted by Gasteiger charge is 2.04. The summed E-state index contributed by atoms with van der Waals surface area (Å²) >= 11 is 0. The largest absolute Gasteiger partial charge is 0.412 e. The standard InChI is InChI=1S/C5H11O4P/c1-2-3-5(7)9-10(8)4-6/h6,10H,2-4H2,1H3. The molecule has 0 radical (unpaired) electrons. The van der Waals surface area contributed by atoms with E-state index in [-0.39, 0.29) is 6.42 Å². The van der Waals surface area contributed by atoms with E-state index < -0.39 is 20.3 Å². The fraction of sp³-hybridized carbons (Fsp3) is 0.800. The fourth-order valence-corrected chi connectivity index (χ4v) is 0.835. The average Bonchev–Trinajstić information content (AvgIpc) is 1.88. The molecule has 0 aromatic heterocycles. The Kier molecular flexibility index (Phi) is 5.26. The number of carbonyl (C=O) groups excluding carboxylic acids is 1. The second-order valence-corrected chi connectivity index (χ2v) is 3.02. The molecule has 5 heteroatoms. The predicted octanol–water partition coefficient (Wildman–Crippen LogP) is 0.754. The van der Waals surface area contributed by atoms with Crippen LogP contribution in [0.1, 0.15) is 19.8 Å². The number of carbonyl (C=O) groups is 1. The number of hydrogen-bond donors (Lipinski definition) is 1. The first-order valence-electron chi connectivity index (χ1n) is 3.05. The van der Waals surface area contributed by atoms with Crippen molar-refractivity contribution in [1.29, 1.82) is 0 Å². The summed E-state index contributed by atoms with van der Waals surface area (Å²) in [7, 11) is -2.49. The van der Waals surface area contributed by atoms with Crippen molar-refractivity contribution in [3.8, 4) is 0 Å². The van der Waals surface area contributed by atoms with Crippen molar-refractivity contribution < 1.29 is 19.0 Å². The molecule has 4 nitrogen and oxygen atoms in total. The third-order valence-electron chi connectivity index (χ3n) is 0.811. The number of aliphatic hydroxyl groups is 1. The van der Waals surface area contributed by atoms with Crippen molar-refractivity contribution in [2.45, 2.75) is 19.8 Å². The van der Waals surface area contributed by atoms with E-state index in [2.05, 4.69) is 4.52 Å². The van der Waals surface area contributed by atoms with Crippen molar-refractivity contribution >= 4 is 14.0 Å². The normalized spacial score (nSPS) is 12.6. The van der Waals surface area contributed by atoms with Crippen LogP contribution in [-0.2, 0) is 13.9 Å². The molecule has 0 saturated heterocycles. The maximum atomic E-state index is 10.5. The van der Waals surface area contributed by atoms with Crippen LogP contribution in [-0.4, -0.2) is 17.4 Å². The van der Waals surface area contributed by atoms with Crippen LogP contribution in [0.15, 0.2) is 0 Å². The third-order valence-corrected chi connectivity index (χ3v) is 1.52. The van der Waals surface area contributed by atoms with E-state index in [4.69, 9.17) is 5.11 Å². The molecule has 0 aliphatic heterocycles. The zero-order chi connectivity index (χ0) is 7.98. The molecule has 0 fully saturated rings. The van der Waals surface area contributed by atoms with Gasteiger partial charge in [0, 0.05) is 6.42 Å². The summed E-state index contributed by atoms with van der Waals surface area (Å²) in [5.41, 5.74) is 0. The first kappa shape index (κ1) is 9.66. The molecule has 0 aliphatic carbocycles. The van der Waals surface area contributed by atoms with Crippen molar-refractivity contribution in [3.63, 3.8) is 0 Å². The summed E-state index contributed by atoms with van der Waals surface area (Å²) in [5.74, 6) is -0.500. The topological polar surface area (TPSA) is 63.6 Å². The molecule has 0 spiro atoms. The summed E-state index contributed by atoms with van der Waals surface area (Å²) in [6.07, 6.45) is 0.371. The Balaban J connectivity index is 3.47. The molecule has 1 N–H and O–H groups in total. The predicted molar refractivity (Wildman–Crippen MR) is 37.1 cm³/mol. The van der Waals surface area contributed by atoms with Gasteiger partial charge in [0.1, 0.15) is 6.35 Å². The molecule has 0 aliphatic rings. The Morgan fingerprint density at radius 3 is 2.70 bits per heavy atom. The smallest absolute Gasteiger partial charge is 0.310 e. The van der Waals surface area contributed by atoms with E-state index in [1.54, 1.807) is 0 Å². The summed E-state index contributed by atoms with van der Waals surface area (Å²) in [4.78, 5) is 10.5. The molecule has 1 atom stereocenters. The Morgan fingerprint density at radius 2 is 2.30 bits per heavy atom. The zero-order valence-corrected chi connectivity index (χ0v) is 6.79. The lowest BCUT2D eigenvalue weighted by atomic mass is 10.4. The van der Waals surface area contributed by atoms with Crippen molar-refractivity contribution in [3.05, 3.63) is 0 Å². The first-order valence-corrected chi connectivity index (χ1v) is 4.57. The zero-order valence-electron chi connectivity index (χ0n) is 5.79. The Bertz CT molecular complexity index is 134. The van der Waals surface area contributed by atoms with Crippen molar-refractivity contribution in [1.82, 2.24) is 0 Å². The molecular weight excluding hydrogens is 155 g/mol. The van der Waals surface area contributed by atoms with Crippen LogP contribution < -0.4 is 0 Å². The molecule has 0 amide bonds. The summed E-state index contributed by atoms with van der Waals surface area (Å²) in [6.45, 7) is 1.82. The van der Waals surface area contributed by atoms with Crippen molar-refractivity contribution in [2.24, 2.45) is 0 Å². The van der Waals surface area contributed by atoms with E-state index in [1.807, 2.05) is 6.92 Å². The molecule has 0 saturated carbocycles. The van der Waals surface area contributed by atoms with Gasteiger partial charge in [-0.3, -0.25) is 9.36 Å². The Hall–Kier alpha value is -0.340. The van der Waals surface area contributed by atoms with E-state index in [9.17, 15) is 9.36 Å². The highest BCUT2D eigenvalue weighted by molar-refractivity contribution is 7.39. The quantitative estimate of drug-likeness (QED) is 0.626. The maximum Gasteiger partial charge on any atom is 0.310 e. The van der Waals surface area contributed by atoms with Gasteiger partial charge >= 0.3 is 5.97 Å². The van der Waals surface area contributed by atoms with Gasteiger partial charge < -0.3 is 9.63 Å². The molecule has 0 rings (SSSR count). The van der Waals surface area contributed by atoms with Crippen LogP contribution in [0.2, 0.25) is 0 Å². The molecule has 0 heterocycles. The average molecular weight is 166 g/mol. The van der Waals surface area contributed by atoms with Crippen LogP contribution in [0.4, 0.5) is 0 Å². The molecule has 1 unspecified atom stereocenters. The summed E-state index contributed by atoms with van der Waals surface area (Å²) in [5, 5.41) is 8.21. The van der Waals surface area contributed by atoms with Crippen LogP contribution >= 0.6 is 8.03 Å². The number of rotatable bonds is 4. The van der Waals surface area contributed by atoms with E-state index in [1.165, 1.54) is 0 Å². The lowest BCUT2D eigenvalue weighted by molar-refractivity contribution is -0.133. The first-order chi connectivity index (χ1) is 4.70. The molecular formula is C5H11O4P. The molecule has 60 valence electrons. The summed E-state index contributed by atoms with van der Waals surface area (Å²) in [6, 6.07) is 0. The lowest BCUT2D eigenvalue weighted by Crippen LogP contribution is -1.97. The number of hydrogen-bond acceptors (Lipinski definition) is 4. The van der Waals surface area contributed by atoms with Crippen LogP contribution in [0, 0.1) is 0 Å². The Morgan fingerprint density at radius 1 is 1.70 bits per heavy atom. The van der Waals surface area contributed by atoms with Gasteiger partial charge in [-0.2, -0.15) is 0 Å². The minimum absolute atomic E-state index is 0.260. The van der Waals surface area contributed by atoms with Gasteiger partial charge in [-0.05, 0) is 6.42 Å². The van der Waals surface area contributed by atoms with Gasteiger partial charge in [-0.1, -0.05) is 6.92 Å². The summed E-state index contributed by atoms with van der Waals surface area (Å²) < 4.78 is 14.7. The second-order valence-electron chi connectivity index (χ2n) is 1.75. The van der Waals surface area contributed by atoms with Crippen LogP contribution in [0.3, 0.4) is 0 Å². The molecule has 0 aromatic carbocycles. The molecule has 0 aromatic rings. The van der Waals surface area contributed by atoms with Gasteiger partial charge in [-0.25, -0.2) is 0 Å². The van der Waals surface area contributed by atoms with Gasteiger partial charge in [0.15, 0.2) is 0 Å². The minimum Gasteiger partial charge on any atom is -0.412 e.